The second-order valence-corrected chi connectivity index (χ2v) is 4.56. The lowest BCUT2D eigenvalue weighted by molar-refractivity contribution is -0.104. The van der Waals surface area contributed by atoms with E-state index in [0.717, 1.165) is 31.7 Å². The Bertz CT molecular complexity index is 345. The van der Waals surface area contributed by atoms with E-state index in [2.05, 4.69) is 17.2 Å². The van der Waals surface area contributed by atoms with Gasteiger partial charge in [0.2, 0.25) is 0 Å². The Labute approximate surface area is 109 Å². The van der Waals surface area contributed by atoms with E-state index in [-0.39, 0.29) is 12.2 Å². The number of pyridine rings is 1. The van der Waals surface area contributed by atoms with Crippen molar-refractivity contribution in [3.8, 4) is 5.75 Å². The molecule has 3 unspecified atom stereocenters. The minimum absolute atomic E-state index is 0.142. The number of hydrogen-bond acceptors (Lipinski definition) is 4. The Kier molecular flexibility index (Phi) is 4.96. The number of ether oxygens (including phenoxy) is 2. The number of nitrogens with one attached hydrogen (secondary N) is 1. The van der Waals surface area contributed by atoms with E-state index in [9.17, 15) is 0 Å². The number of rotatable bonds is 7. The van der Waals surface area contributed by atoms with E-state index in [0.29, 0.717) is 6.04 Å². The molecule has 0 spiro atoms. The summed E-state index contributed by atoms with van der Waals surface area (Å²) in [6.45, 7) is 5.96. The molecule has 4 heteroatoms. The van der Waals surface area contributed by atoms with Crippen LogP contribution in [0, 0.1) is 0 Å². The zero-order valence-electron chi connectivity index (χ0n) is 11.1. The van der Waals surface area contributed by atoms with E-state index >= 15 is 0 Å². The highest BCUT2D eigenvalue weighted by Gasteiger charge is 2.43. The summed E-state index contributed by atoms with van der Waals surface area (Å²) in [5.74, 6) is 0.821. The maximum atomic E-state index is 5.90. The lowest BCUT2D eigenvalue weighted by atomic mass is 9.85. The summed E-state index contributed by atoms with van der Waals surface area (Å²) >= 11 is 0. The average Bonchev–Trinajstić information content (AvgIpc) is 2.40. The Morgan fingerprint density at radius 2 is 2.33 bits per heavy atom. The third-order valence-corrected chi connectivity index (χ3v) is 3.19. The summed E-state index contributed by atoms with van der Waals surface area (Å²) < 4.78 is 11.7. The van der Waals surface area contributed by atoms with E-state index in [4.69, 9.17) is 9.47 Å². The van der Waals surface area contributed by atoms with Gasteiger partial charge in [-0.3, -0.25) is 4.98 Å². The number of nitrogens with zero attached hydrogens (tertiary/aromatic N) is 1. The maximum absolute atomic E-state index is 5.90. The van der Waals surface area contributed by atoms with Gasteiger partial charge < -0.3 is 14.8 Å². The fraction of sp³-hybridized carbons (Fsp3) is 0.643. The van der Waals surface area contributed by atoms with Crippen LogP contribution in [0.5, 0.6) is 5.75 Å². The highest BCUT2D eigenvalue weighted by molar-refractivity contribution is 5.17. The number of aromatic nitrogens is 1. The van der Waals surface area contributed by atoms with Crippen LogP contribution < -0.4 is 10.1 Å². The van der Waals surface area contributed by atoms with Crippen LogP contribution in [0.25, 0.3) is 0 Å². The van der Waals surface area contributed by atoms with Crippen molar-refractivity contribution < 1.29 is 9.47 Å². The molecule has 1 aromatic rings. The summed E-state index contributed by atoms with van der Waals surface area (Å²) in [5, 5.41) is 3.50. The zero-order chi connectivity index (χ0) is 12.8. The maximum Gasteiger partial charge on any atom is 0.138 e. The molecule has 18 heavy (non-hydrogen) atoms. The molecule has 1 heterocycles. The van der Waals surface area contributed by atoms with E-state index in [1.807, 2.05) is 19.1 Å². The van der Waals surface area contributed by atoms with Gasteiger partial charge >= 0.3 is 0 Å². The standard InChI is InChI=1S/C14H22N2O2/c1-3-7-16-12-9-13(14(12)17-4-2)18-11-6-5-8-15-10-11/h5-6,8,10,12-14,16H,3-4,7,9H2,1-2H3. The summed E-state index contributed by atoms with van der Waals surface area (Å²) in [6, 6.07) is 4.24. The smallest absolute Gasteiger partial charge is 0.138 e. The van der Waals surface area contributed by atoms with Crippen molar-refractivity contribution in [1.29, 1.82) is 0 Å². The molecular formula is C14H22N2O2. The van der Waals surface area contributed by atoms with Gasteiger partial charge in [-0.2, -0.15) is 0 Å². The second kappa shape index (κ2) is 6.71. The second-order valence-electron chi connectivity index (χ2n) is 4.56. The lowest BCUT2D eigenvalue weighted by Crippen LogP contribution is -2.61. The summed E-state index contributed by atoms with van der Waals surface area (Å²) in [4.78, 5) is 4.05. The minimum Gasteiger partial charge on any atom is -0.486 e. The first-order valence-electron chi connectivity index (χ1n) is 6.76. The minimum atomic E-state index is 0.142. The Balaban J connectivity index is 1.86. The molecule has 100 valence electrons. The van der Waals surface area contributed by atoms with Gasteiger partial charge in [0.25, 0.3) is 0 Å². The van der Waals surface area contributed by atoms with Crippen LogP contribution in [0.1, 0.15) is 26.7 Å². The van der Waals surface area contributed by atoms with E-state index in [1.165, 1.54) is 0 Å². The predicted molar refractivity (Wildman–Crippen MR) is 70.8 cm³/mol. The first kappa shape index (κ1) is 13.3. The van der Waals surface area contributed by atoms with Crippen molar-refractivity contribution in [3.05, 3.63) is 24.5 Å². The molecule has 1 aliphatic carbocycles. The monoisotopic (exact) mass is 250 g/mol. The number of hydrogen-bond donors (Lipinski definition) is 1. The molecule has 0 amide bonds. The Hall–Kier alpha value is -1.13. The summed E-state index contributed by atoms with van der Waals surface area (Å²) in [5.41, 5.74) is 0. The predicted octanol–water partition coefficient (Wildman–Crippen LogP) is 2.01. The van der Waals surface area contributed by atoms with Crippen molar-refractivity contribution >= 4 is 0 Å². The molecule has 0 saturated heterocycles. The van der Waals surface area contributed by atoms with Gasteiger partial charge in [-0.25, -0.2) is 0 Å². The highest BCUT2D eigenvalue weighted by Crippen LogP contribution is 2.28. The SMILES string of the molecule is CCCNC1CC(Oc2cccnc2)C1OCC. The largest absolute Gasteiger partial charge is 0.486 e. The van der Waals surface area contributed by atoms with Crippen molar-refractivity contribution in [3.63, 3.8) is 0 Å². The fourth-order valence-corrected chi connectivity index (χ4v) is 2.23. The molecule has 1 fully saturated rings. The first-order chi connectivity index (χ1) is 8.85. The molecule has 1 saturated carbocycles. The van der Waals surface area contributed by atoms with Gasteiger partial charge in [0.05, 0.1) is 6.20 Å². The molecule has 0 aliphatic heterocycles. The molecule has 4 nitrogen and oxygen atoms in total. The van der Waals surface area contributed by atoms with Gasteiger partial charge in [0, 0.05) is 25.3 Å². The van der Waals surface area contributed by atoms with Crippen molar-refractivity contribution in [2.75, 3.05) is 13.2 Å². The Morgan fingerprint density at radius 3 is 3.00 bits per heavy atom. The average molecular weight is 250 g/mol. The van der Waals surface area contributed by atoms with Crippen molar-refractivity contribution in [2.45, 2.75) is 44.9 Å². The Morgan fingerprint density at radius 1 is 1.44 bits per heavy atom. The molecule has 0 aromatic carbocycles. The molecular weight excluding hydrogens is 228 g/mol. The quantitative estimate of drug-likeness (QED) is 0.804. The van der Waals surface area contributed by atoms with Gasteiger partial charge in [0.15, 0.2) is 0 Å². The fourth-order valence-electron chi connectivity index (χ4n) is 2.23. The molecule has 1 aromatic heterocycles. The van der Waals surface area contributed by atoms with Crippen LogP contribution in [0.4, 0.5) is 0 Å². The first-order valence-corrected chi connectivity index (χ1v) is 6.76. The molecule has 0 radical (unpaired) electrons. The zero-order valence-corrected chi connectivity index (χ0v) is 11.1. The van der Waals surface area contributed by atoms with Crippen LogP contribution in [0.15, 0.2) is 24.5 Å². The summed E-state index contributed by atoms with van der Waals surface area (Å²) in [7, 11) is 0. The van der Waals surface area contributed by atoms with Crippen LogP contribution in [-0.2, 0) is 4.74 Å². The lowest BCUT2D eigenvalue weighted by Gasteiger charge is -2.44. The van der Waals surface area contributed by atoms with Crippen LogP contribution in [-0.4, -0.2) is 36.4 Å². The highest BCUT2D eigenvalue weighted by atomic mass is 16.5. The molecule has 3 atom stereocenters. The van der Waals surface area contributed by atoms with E-state index in [1.54, 1.807) is 12.4 Å². The van der Waals surface area contributed by atoms with Gasteiger partial charge in [-0.05, 0) is 32.0 Å². The topological polar surface area (TPSA) is 43.4 Å². The third-order valence-electron chi connectivity index (χ3n) is 3.19. The molecule has 0 bridgehead atoms. The van der Waals surface area contributed by atoms with Crippen LogP contribution in [0.2, 0.25) is 0 Å². The van der Waals surface area contributed by atoms with E-state index < -0.39 is 0 Å². The molecule has 2 rings (SSSR count). The van der Waals surface area contributed by atoms with Gasteiger partial charge in [0.1, 0.15) is 18.0 Å². The molecule has 1 N–H and O–H groups in total. The van der Waals surface area contributed by atoms with Crippen LogP contribution in [0.3, 0.4) is 0 Å². The normalized spacial score (nSPS) is 26.7. The van der Waals surface area contributed by atoms with Crippen molar-refractivity contribution in [2.24, 2.45) is 0 Å². The van der Waals surface area contributed by atoms with Crippen molar-refractivity contribution in [1.82, 2.24) is 10.3 Å². The molecule has 1 aliphatic rings. The van der Waals surface area contributed by atoms with Gasteiger partial charge in [-0.15, -0.1) is 0 Å². The third kappa shape index (κ3) is 3.21. The summed E-state index contributed by atoms with van der Waals surface area (Å²) in [6.07, 6.45) is 5.93. The van der Waals surface area contributed by atoms with Crippen LogP contribution >= 0.6 is 0 Å². The van der Waals surface area contributed by atoms with Gasteiger partial charge in [-0.1, -0.05) is 6.92 Å².